The summed E-state index contributed by atoms with van der Waals surface area (Å²) in [6.45, 7) is 1.88. The van der Waals surface area contributed by atoms with E-state index in [1.165, 1.54) is 12.1 Å². The molecule has 1 fully saturated rings. The zero-order valence-electron chi connectivity index (χ0n) is 15.3. The summed E-state index contributed by atoms with van der Waals surface area (Å²) >= 11 is 0.933. The smallest absolute Gasteiger partial charge is 0.325 e. The van der Waals surface area contributed by atoms with E-state index in [2.05, 4.69) is 5.32 Å². The minimum Gasteiger partial charge on any atom is -0.325 e. The van der Waals surface area contributed by atoms with Gasteiger partial charge in [-0.1, -0.05) is 29.8 Å². The zero-order valence-corrected chi connectivity index (χ0v) is 16.1. The van der Waals surface area contributed by atoms with Crippen LogP contribution >= 0.6 is 11.8 Å². The lowest BCUT2D eigenvalue weighted by Gasteiger charge is -2.15. The lowest BCUT2D eigenvalue weighted by Crippen LogP contribution is -2.31. The maximum Gasteiger partial charge on any atom is 0.418 e. The lowest BCUT2D eigenvalue weighted by molar-refractivity contribution is -0.137. The zero-order chi connectivity index (χ0) is 21.2. The molecule has 1 atom stereocenters. The Kier molecular flexibility index (Phi) is 5.97. The second kappa shape index (κ2) is 8.28. The highest BCUT2D eigenvalue weighted by atomic mass is 32.2. The Labute approximate surface area is 169 Å². The number of aryl methyl sites for hydroxylation is 1. The van der Waals surface area contributed by atoms with Crippen LogP contribution in [0.4, 0.5) is 24.5 Å². The van der Waals surface area contributed by atoms with Crippen molar-refractivity contribution in [3.05, 3.63) is 59.7 Å². The molecule has 2 aromatic rings. The first kappa shape index (κ1) is 20.9. The fraction of sp³-hybridized carbons (Fsp3) is 0.250. The summed E-state index contributed by atoms with van der Waals surface area (Å²) in [4.78, 5) is 38.0. The largest absolute Gasteiger partial charge is 0.418 e. The molecule has 1 unspecified atom stereocenters. The third-order valence-corrected chi connectivity index (χ3v) is 5.52. The monoisotopic (exact) mass is 422 g/mol. The van der Waals surface area contributed by atoms with Gasteiger partial charge in [-0.25, -0.2) is 4.90 Å². The van der Waals surface area contributed by atoms with Crippen molar-refractivity contribution in [3.63, 3.8) is 0 Å². The number of para-hydroxylation sites is 1. The van der Waals surface area contributed by atoms with Gasteiger partial charge in [-0.3, -0.25) is 14.4 Å². The number of anilines is 2. The van der Waals surface area contributed by atoms with E-state index in [4.69, 9.17) is 0 Å². The van der Waals surface area contributed by atoms with Crippen LogP contribution < -0.4 is 10.2 Å². The summed E-state index contributed by atoms with van der Waals surface area (Å²) in [6, 6.07) is 11.5. The average molecular weight is 422 g/mol. The van der Waals surface area contributed by atoms with Crippen molar-refractivity contribution < 1.29 is 27.6 Å². The lowest BCUT2D eigenvalue weighted by atomic mass is 10.1. The maximum absolute atomic E-state index is 13.0. The summed E-state index contributed by atoms with van der Waals surface area (Å²) in [5.74, 6) is -1.75. The van der Waals surface area contributed by atoms with E-state index in [-0.39, 0.29) is 23.8 Å². The number of nitrogens with zero attached hydrogens (tertiary/aromatic N) is 1. The average Bonchev–Trinajstić information content (AvgIpc) is 2.94. The first-order valence-corrected chi connectivity index (χ1v) is 9.73. The summed E-state index contributed by atoms with van der Waals surface area (Å²) in [6.07, 6.45) is -4.66. The number of amides is 3. The van der Waals surface area contributed by atoms with Gasteiger partial charge in [0.2, 0.25) is 17.7 Å². The van der Waals surface area contributed by atoms with Crippen LogP contribution in [0.1, 0.15) is 17.5 Å². The van der Waals surface area contributed by atoms with Gasteiger partial charge in [-0.15, -0.1) is 11.8 Å². The van der Waals surface area contributed by atoms with Crippen molar-refractivity contribution in [2.24, 2.45) is 0 Å². The number of hydrogen-bond acceptors (Lipinski definition) is 4. The number of thioether (sulfide) groups is 1. The standard InChI is InChI=1S/C20H17F3N2O3S/c1-12-6-8-13(9-7-12)25-18(27)10-16(19(25)28)29-11-17(26)24-15-5-3-2-4-14(15)20(21,22)23/h2-9,16H,10-11H2,1H3,(H,24,26). The topological polar surface area (TPSA) is 66.5 Å². The maximum atomic E-state index is 13.0. The molecule has 1 aliphatic heterocycles. The highest BCUT2D eigenvalue weighted by molar-refractivity contribution is 8.01. The van der Waals surface area contributed by atoms with E-state index in [0.29, 0.717) is 5.69 Å². The number of rotatable bonds is 5. The molecule has 1 aliphatic rings. The first-order chi connectivity index (χ1) is 13.7. The highest BCUT2D eigenvalue weighted by Gasteiger charge is 2.40. The summed E-state index contributed by atoms with van der Waals surface area (Å²) in [7, 11) is 0. The molecule has 1 N–H and O–H groups in total. The molecule has 9 heteroatoms. The molecule has 2 aromatic carbocycles. The van der Waals surface area contributed by atoms with Crippen molar-refractivity contribution in [2.75, 3.05) is 16.0 Å². The number of halogens is 3. The van der Waals surface area contributed by atoms with Gasteiger partial charge in [-0.2, -0.15) is 13.2 Å². The van der Waals surface area contributed by atoms with Crippen molar-refractivity contribution in [2.45, 2.75) is 24.8 Å². The molecule has 0 saturated carbocycles. The SMILES string of the molecule is Cc1ccc(N2C(=O)CC(SCC(=O)Nc3ccccc3C(F)(F)F)C2=O)cc1. The van der Waals surface area contributed by atoms with Gasteiger partial charge >= 0.3 is 6.18 Å². The Balaban J connectivity index is 1.62. The number of nitrogens with one attached hydrogen (secondary N) is 1. The number of carbonyl (C=O) groups is 3. The molecule has 0 aliphatic carbocycles. The van der Waals surface area contributed by atoms with Crippen molar-refractivity contribution >= 4 is 40.9 Å². The Morgan fingerprint density at radius 2 is 1.79 bits per heavy atom. The van der Waals surface area contributed by atoms with Crippen LogP contribution in [-0.2, 0) is 20.6 Å². The molecule has 0 radical (unpaired) electrons. The van der Waals surface area contributed by atoms with Gasteiger partial charge in [0.1, 0.15) is 0 Å². The number of imide groups is 1. The molecule has 3 amide bonds. The molecule has 29 heavy (non-hydrogen) atoms. The highest BCUT2D eigenvalue weighted by Crippen LogP contribution is 2.35. The molecule has 0 aromatic heterocycles. The number of hydrogen-bond donors (Lipinski definition) is 1. The normalized spacial score (nSPS) is 17.0. The van der Waals surface area contributed by atoms with Gasteiger partial charge in [0.05, 0.1) is 27.9 Å². The van der Waals surface area contributed by atoms with E-state index < -0.39 is 28.8 Å². The fourth-order valence-electron chi connectivity index (χ4n) is 2.90. The fourth-order valence-corrected chi connectivity index (χ4v) is 3.83. The quantitative estimate of drug-likeness (QED) is 0.740. The van der Waals surface area contributed by atoms with Gasteiger partial charge in [-0.05, 0) is 31.2 Å². The summed E-state index contributed by atoms with van der Waals surface area (Å²) in [5, 5.41) is 1.47. The van der Waals surface area contributed by atoms with Gasteiger partial charge in [0.15, 0.2) is 0 Å². The van der Waals surface area contributed by atoms with E-state index in [1.807, 2.05) is 6.92 Å². The summed E-state index contributed by atoms with van der Waals surface area (Å²) < 4.78 is 39.0. The number of benzene rings is 2. The Hall–Kier alpha value is -2.81. The van der Waals surface area contributed by atoms with Crippen LogP contribution in [0.2, 0.25) is 0 Å². The second-order valence-corrected chi connectivity index (χ2v) is 7.69. The van der Waals surface area contributed by atoms with Crippen molar-refractivity contribution in [1.82, 2.24) is 0 Å². The van der Waals surface area contributed by atoms with E-state index in [9.17, 15) is 27.6 Å². The molecule has 3 rings (SSSR count). The van der Waals surface area contributed by atoms with Crippen LogP contribution in [0, 0.1) is 6.92 Å². The molecule has 152 valence electrons. The van der Waals surface area contributed by atoms with Crippen LogP contribution in [-0.4, -0.2) is 28.7 Å². The van der Waals surface area contributed by atoms with E-state index in [0.717, 1.165) is 34.4 Å². The predicted octanol–water partition coefficient (Wildman–Crippen LogP) is 4.02. The third kappa shape index (κ3) is 4.79. The molecule has 0 bridgehead atoms. The first-order valence-electron chi connectivity index (χ1n) is 8.68. The van der Waals surface area contributed by atoms with Crippen LogP contribution in [0.25, 0.3) is 0 Å². The van der Waals surface area contributed by atoms with E-state index >= 15 is 0 Å². The van der Waals surface area contributed by atoms with E-state index in [1.54, 1.807) is 24.3 Å². The molecule has 0 spiro atoms. The molecular weight excluding hydrogens is 405 g/mol. The Bertz CT molecular complexity index is 945. The molecule has 5 nitrogen and oxygen atoms in total. The summed E-state index contributed by atoms with van der Waals surface area (Å²) in [5.41, 5.74) is 0.142. The molecule has 1 heterocycles. The molecular formula is C20H17F3N2O3S. The predicted molar refractivity (Wildman–Crippen MR) is 105 cm³/mol. The number of carbonyl (C=O) groups excluding carboxylic acids is 3. The van der Waals surface area contributed by atoms with Crippen LogP contribution in [0.3, 0.4) is 0 Å². The Morgan fingerprint density at radius 1 is 1.14 bits per heavy atom. The minimum absolute atomic E-state index is 0.0657. The van der Waals surface area contributed by atoms with Crippen LogP contribution in [0.15, 0.2) is 48.5 Å². The van der Waals surface area contributed by atoms with Gasteiger partial charge < -0.3 is 5.32 Å². The second-order valence-electron chi connectivity index (χ2n) is 6.50. The van der Waals surface area contributed by atoms with Crippen molar-refractivity contribution in [1.29, 1.82) is 0 Å². The van der Waals surface area contributed by atoms with Gasteiger partial charge in [0.25, 0.3) is 0 Å². The van der Waals surface area contributed by atoms with Crippen LogP contribution in [0.5, 0.6) is 0 Å². The Morgan fingerprint density at radius 3 is 2.45 bits per heavy atom. The number of alkyl halides is 3. The third-order valence-electron chi connectivity index (χ3n) is 4.32. The molecule has 1 saturated heterocycles. The van der Waals surface area contributed by atoms with Gasteiger partial charge in [0, 0.05) is 6.42 Å². The van der Waals surface area contributed by atoms with Crippen molar-refractivity contribution in [3.8, 4) is 0 Å². The minimum atomic E-state index is -4.60.